The van der Waals surface area contributed by atoms with Gasteiger partial charge in [-0.3, -0.25) is 19.5 Å². The molecule has 3 heterocycles. The zero-order valence-electron chi connectivity index (χ0n) is 15.5. The van der Waals surface area contributed by atoms with Crippen molar-refractivity contribution in [2.24, 2.45) is 4.99 Å². The molecule has 0 bridgehead atoms. The van der Waals surface area contributed by atoms with E-state index in [1.165, 1.54) is 12.5 Å². The molecular weight excluding hydrogens is 424 g/mol. The number of halogens is 1. The fraction of sp³-hybridized carbons (Fsp3) is 0.0500. The first-order valence-electron chi connectivity index (χ1n) is 8.89. The fourth-order valence-electron chi connectivity index (χ4n) is 3.14. The lowest BCUT2D eigenvalue weighted by atomic mass is 10.2. The van der Waals surface area contributed by atoms with Crippen molar-refractivity contribution in [1.82, 2.24) is 24.4 Å². The zero-order valence-corrected chi connectivity index (χ0v) is 17.1. The third-order valence-corrected chi connectivity index (χ3v) is 5.15. The summed E-state index contributed by atoms with van der Waals surface area (Å²) in [6, 6.07) is 12.3. The maximum absolute atomic E-state index is 12.6. The average Bonchev–Trinajstić information content (AvgIpc) is 3.26. The second-order valence-corrected chi connectivity index (χ2v) is 7.39. The number of nitrogens with one attached hydrogen (secondary N) is 1. The summed E-state index contributed by atoms with van der Waals surface area (Å²) >= 11 is 11.4. The first-order valence-corrected chi connectivity index (χ1v) is 9.68. The van der Waals surface area contributed by atoms with Gasteiger partial charge in [0.05, 0.1) is 22.3 Å². The molecule has 0 aliphatic rings. The first kappa shape index (κ1) is 18.5. The minimum Gasteiger partial charge on any atom is -0.463 e. The van der Waals surface area contributed by atoms with Gasteiger partial charge >= 0.3 is 0 Å². The molecule has 8 nitrogen and oxygen atoms in total. The van der Waals surface area contributed by atoms with E-state index in [0.29, 0.717) is 43.6 Å². The molecule has 0 atom stereocenters. The summed E-state index contributed by atoms with van der Waals surface area (Å²) in [5.74, 6) is 1.31. The van der Waals surface area contributed by atoms with Crippen molar-refractivity contribution < 1.29 is 4.42 Å². The molecule has 5 rings (SSSR count). The Kier molecular flexibility index (Phi) is 4.34. The second kappa shape index (κ2) is 7.05. The molecule has 0 saturated carbocycles. The summed E-state index contributed by atoms with van der Waals surface area (Å²) in [6.45, 7) is 1.84. The second-order valence-electron chi connectivity index (χ2n) is 6.57. The van der Waals surface area contributed by atoms with Crippen molar-refractivity contribution in [3.05, 3.63) is 80.1 Å². The number of benzene rings is 2. The van der Waals surface area contributed by atoms with Gasteiger partial charge < -0.3 is 4.42 Å². The summed E-state index contributed by atoms with van der Waals surface area (Å²) < 4.78 is 9.52. The number of aliphatic imine (C=N–C) groups is 1. The van der Waals surface area contributed by atoms with Crippen LogP contribution in [-0.2, 0) is 0 Å². The molecule has 0 aliphatic heterocycles. The van der Waals surface area contributed by atoms with Crippen molar-refractivity contribution in [2.45, 2.75) is 6.92 Å². The van der Waals surface area contributed by atoms with Crippen LogP contribution in [-0.4, -0.2) is 30.6 Å². The molecule has 3 aromatic heterocycles. The third kappa shape index (κ3) is 3.04. The number of aromatic amines is 1. The number of hydrogen-bond donors (Lipinski definition) is 1. The quantitative estimate of drug-likeness (QED) is 0.334. The topological polar surface area (TPSA) is 93.5 Å². The third-order valence-electron chi connectivity index (χ3n) is 4.64. The highest BCUT2D eigenvalue weighted by Gasteiger charge is 2.11. The van der Waals surface area contributed by atoms with Gasteiger partial charge in [0.1, 0.15) is 11.8 Å². The summed E-state index contributed by atoms with van der Waals surface area (Å²) in [4.78, 5) is 17.0. The minimum atomic E-state index is -0.192. The fourth-order valence-corrected chi connectivity index (χ4v) is 3.59. The van der Waals surface area contributed by atoms with Crippen LogP contribution < -0.4 is 5.43 Å². The first-order chi connectivity index (χ1) is 14.5. The Labute approximate surface area is 179 Å². The van der Waals surface area contributed by atoms with E-state index in [1.807, 2.05) is 31.2 Å². The molecule has 30 heavy (non-hydrogen) atoms. The van der Waals surface area contributed by atoms with Gasteiger partial charge in [0.25, 0.3) is 5.78 Å². The van der Waals surface area contributed by atoms with Crippen LogP contribution >= 0.6 is 23.8 Å². The normalized spacial score (nSPS) is 11.8. The smallest absolute Gasteiger partial charge is 0.257 e. The molecule has 2 aromatic carbocycles. The van der Waals surface area contributed by atoms with Gasteiger partial charge in [-0.1, -0.05) is 11.6 Å². The van der Waals surface area contributed by atoms with Crippen LogP contribution in [0.3, 0.4) is 0 Å². The molecule has 0 amide bonds. The van der Waals surface area contributed by atoms with Gasteiger partial charge in [-0.2, -0.15) is 0 Å². The number of hydrogen-bond acceptors (Lipinski definition) is 6. The predicted molar refractivity (Wildman–Crippen MR) is 117 cm³/mol. The SMILES string of the molecule is Cc1nnc2n(-c3ccc(N=Cc4coc5ccc(Cl)cc5c4=O)cc3)c(=S)[nH]n12. The van der Waals surface area contributed by atoms with Crippen molar-refractivity contribution >= 4 is 52.5 Å². The van der Waals surface area contributed by atoms with E-state index in [0.717, 1.165) is 5.69 Å². The standard InChI is InChI=1S/C20H13ClN6O2S/c1-11-23-24-19-26(20(30)25-27(11)19)15-5-3-14(4-6-15)22-9-12-10-29-17-7-2-13(21)8-16(17)18(12)28/h2-10H,1H3,(H,25,30). The van der Waals surface area contributed by atoms with E-state index in [4.69, 9.17) is 28.2 Å². The van der Waals surface area contributed by atoms with Crippen LogP contribution in [0, 0.1) is 11.7 Å². The molecule has 0 radical (unpaired) electrons. The Morgan fingerprint density at radius 2 is 2.00 bits per heavy atom. The molecule has 5 aromatic rings. The monoisotopic (exact) mass is 436 g/mol. The van der Waals surface area contributed by atoms with Crippen molar-refractivity contribution in [2.75, 3.05) is 0 Å². The summed E-state index contributed by atoms with van der Waals surface area (Å²) in [7, 11) is 0. The minimum absolute atomic E-state index is 0.192. The Morgan fingerprint density at radius 3 is 2.80 bits per heavy atom. The van der Waals surface area contributed by atoms with Crippen LogP contribution in [0.1, 0.15) is 11.4 Å². The molecule has 0 saturated heterocycles. The van der Waals surface area contributed by atoms with Crippen molar-refractivity contribution in [1.29, 1.82) is 0 Å². The van der Waals surface area contributed by atoms with Crippen LogP contribution in [0.15, 0.2) is 62.9 Å². The Morgan fingerprint density at radius 1 is 1.20 bits per heavy atom. The van der Waals surface area contributed by atoms with Gasteiger partial charge in [-0.25, -0.2) is 4.52 Å². The predicted octanol–water partition coefficient (Wildman–Crippen LogP) is 4.40. The molecule has 0 aliphatic carbocycles. The van der Waals surface area contributed by atoms with Gasteiger partial charge in [0.2, 0.25) is 5.43 Å². The van der Waals surface area contributed by atoms with Gasteiger partial charge in [0.15, 0.2) is 10.6 Å². The largest absolute Gasteiger partial charge is 0.463 e. The van der Waals surface area contributed by atoms with Crippen molar-refractivity contribution in [3.8, 4) is 5.69 Å². The van der Waals surface area contributed by atoms with Crippen LogP contribution in [0.25, 0.3) is 22.4 Å². The Hall–Kier alpha value is -3.56. The number of nitrogens with zero attached hydrogens (tertiary/aromatic N) is 5. The number of rotatable bonds is 3. The molecule has 148 valence electrons. The highest BCUT2D eigenvalue weighted by Crippen LogP contribution is 2.19. The van der Waals surface area contributed by atoms with E-state index in [1.54, 1.807) is 27.3 Å². The number of H-pyrrole nitrogens is 1. The average molecular weight is 437 g/mol. The number of fused-ring (bicyclic) bond motifs is 2. The summed E-state index contributed by atoms with van der Waals surface area (Å²) in [5.41, 5.74) is 2.10. The van der Waals surface area contributed by atoms with E-state index < -0.39 is 0 Å². The van der Waals surface area contributed by atoms with Crippen LogP contribution in [0.4, 0.5) is 5.69 Å². The van der Waals surface area contributed by atoms with Gasteiger partial charge in [0, 0.05) is 11.2 Å². The maximum Gasteiger partial charge on any atom is 0.257 e. The Bertz CT molecular complexity index is 1560. The molecule has 1 N–H and O–H groups in total. The summed E-state index contributed by atoms with van der Waals surface area (Å²) in [6.07, 6.45) is 2.86. The summed E-state index contributed by atoms with van der Waals surface area (Å²) in [5, 5.41) is 12.1. The van der Waals surface area contributed by atoms with Gasteiger partial charge in [-0.15, -0.1) is 10.2 Å². The highest BCUT2D eigenvalue weighted by molar-refractivity contribution is 7.71. The van der Waals surface area contributed by atoms with E-state index >= 15 is 0 Å². The molecule has 0 spiro atoms. The lowest BCUT2D eigenvalue weighted by Gasteiger charge is -2.02. The van der Waals surface area contributed by atoms with E-state index in [-0.39, 0.29) is 5.43 Å². The number of aryl methyl sites for hydroxylation is 1. The number of aromatic nitrogens is 5. The van der Waals surface area contributed by atoms with Gasteiger partial charge in [-0.05, 0) is 61.6 Å². The molecular formula is C20H13ClN6O2S. The van der Waals surface area contributed by atoms with Crippen LogP contribution in [0.5, 0.6) is 0 Å². The maximum atomic E-state index is 12.6. The molecule has 10 heteroatoms. The zero-order chi connectivity index (χ0) is 20.8. The lowest BCUT2D eigenvalue weighted by Crippen LogP contribution is -2.07. The van der Waals surface area contributed by atoms with Crippen LogP contribution in [0.2, 0.25) is 5.02 Å². The van der Waals surface area contributed by atoms with E-state index in [9.17, 15) is 4.79 Å². The Balaban J connectivity index is 1.48. The molecule has 0 unspecified atom stereocenters. The molecule has 0 fully saturated rings. The van der Waals surface area contributed by atoms with E-state index in [2.05, 4.69) is 20.3 Å². The highest BCUT2D eigenvalue weighted by atomic mass is 35.5. The van der Waals surface area contributed by atoms with Crippen molar-refractivity contribution in [3.63, 3.8) is 0 Å². The lowest BCUT2D eigenvalue weighted by molar-refractivity contribution is 0.601.